The highest BCUT2D eigenvalue weighted by Gasteiger charge is 2.46. The lowest BCUT2D eigenvalue weighted by Crippen LogP contribution is -2.72. The molecule has 7 unspecified atom stereocenters. The second-order valence-electron chi connectivity index (χ2n) is 12.9. The number of rotatable bonds is 0. The van der Waals surface area contributed by atoms with Crippen molar-refractivity contribution in [2.24, 2.45) is 35.5 Å². The standard InChI is InChI=1S/C28H51N5/c1-2-4-9-22-10-5-6-13-26(22)24-12-7-11-23(18-24)25-19-27-28(20-25)33(31-30-29-27)32-16-14-21(8-3-1)15-17-32/h21-31H,1-20H2. The van der Waals surface area contributed by atoms with Crippen LogP contribution in [0.2, 0.25) is 0 Å². The molecule has 6 bridgehead atoms. The minimum Gasteiger partial charge on any atom is -0.238 e. The van der Waals surface area contributed by atoms with E-state index in [0.29, 0.717) is 12.1 Å². The molecule has 4 aliphatic heterocycles. The lowest BCUT2D eigenvalue weighted by atomic mass is 9.63. The fraction of sp³-hybridized carbons (Fsp3) is 1.00. The molecular formula is C28H51N5. The van der Waals surface area contributed by atoms with Crippen LogP contribution >= 0.6 is 0 Å². The van der Waals surface area contributed by atoms with Crippen LogP contribution in [0, 0.1) is 35.5 Å². The van der Waals surface area contributed by atoms with Crippen LogP contribution in [-0.2, 0) is 0 Å². The first-order chi connectivity index (χ1) is 16.3. The maximum atomic E-state index is 3.62. The molecule has 0 spiro atoms. The van der Waals surface area contributed by atoms with Crippen LogP contribution in [0.5, 0.6) is 0 Å². The molecule has 0 aromatic carbocycles. The van der Waals surface area contributed by atoms with Gasteiger partial charge in [0.25, 0.3) is 0 Å². The molecule has 5 nitrogen and oxygen atoms in total. The summed E-state index contributed by atoms with van der Waals surface area (Å²) < 4.78 is 0. The third kappa shape index (κ3) is 5.18. The number of nitrogens with one attached hydrogen (secondary N) is 3. The normalized spacial score (nSPS) is 47.8. The summed E-state index contributed by atoms with van der Waals surface area (Å²) in [7, 11) is 0. The largest absolute Gasteiger partial charge is 0.238 e. The van der Waals surface area contributed by atoms with Gasteiger partial charge in [0.1, 0.15) is 0 Å². The van der Waals surface area contributed by atoms with E-state index in [-0.39, 0.29) is 0 Å². The zero-order valence-corrected chi connectivity index (χ0v) is 21.2. The van der Waals surface area contributed by atoms with E-state index < -0.39 is 0 Å². The van der Waals surface area contributed by atoms with Crippen LogP contribution in [0.4, 0.5) is 0 Å². The molecule has 3 saturated carbocycles. The van der Waals surface area contributed by atoms with E-state index in [9.17, 15) is 0 Å². The number of hydrogen-bond donors (Lipinski definition) is 3. The zero-order valence-electron chi connectivity index (χ0n) is 21.2. The van der Waals surface area contributed by atoms with E-state index in [1.807, 2.05) is 0 Å². The molecule has 188 valence electrons. The minimum absolute atomic E-state index is 0.599. The first-order valence-corrected chi connectivity index (χ1v) is 15.2. The Labute approximate surface area is 203 Å². The van der Waals surface area contributed by atoms with Gasteiger partial charge in [0, 0.05) is 19.1 Å². The molecule has 4 heterocycles. The Kier molecular flexibility index (Phi) is 7.61. The number of hydrazine groups is 4. The van der Waals surface area contributed by atoms with E-state index in [1.54, 1.807) is 32.1 Å². The summed E-state index contributed by atoms with van der Waals surface area (Å²) in [5, 5.41) is 5.18. The molecular weight excluding hydrogens is 406 g/mol. The van der Waals surface area contributed by atoms with Crippen molar-refractivity contribution in [2.75, 3.05) is 13.1 Å². The smallest absolute Gasteiger partial charge is 0.0586 e. The Bertz CT molecular complexity index is 619. The van der Waals surface area contributed by atoms with Gasteiger partial charge in [0.2, 0.25) is 0 Å². The summed E-state index contributed by atoms with van der Waals surface area (Å²) in [6, 6.07) is 1.22. The SMILES string of the molecule is C1CCCC2CCCCC2C2CCCC(C2)C2CC3NNNN(C3C2)N2CCC(CC1)CC2. The Morgan fingerprint density at radius 3 is 2.15 bits per heavy atom. The predicted octanol–water partition coefficient (Wildman–Crippen LogP) is 5.56. The van der Waals surface area contributed by atoms with Gasteiger partial charge < -0.3 is 0 Å². The second-order valence-corrected chi connectivity index (χ2v) is 12.9. The lowest BCUT2D eigenvalue weighted by molar-refractivity contribution is -0.161. The second kappa shape index (κ2) is 10.8. The van der Waals surface area contributed by atoms with Crippen LogP contribution < -0.4 is 16.5 Å². The van der Waals surface area contributed by atoms with Crippen LogP contribution in [-0.4, -0.2) is 35.3 Å². The maximum absolute atomic E-state index is 3.62. The maximum Gasteiger partial charge on any atom is 0.0586 e. The van der Waals surface area contributed by atoms with Gasteiger partial charge in [-0.1, -0.05) is 77.0 Å². The van der Waals surface area contributed by atoms with E-state index in [1.165, 1.54) is 96.6 Å². The molecule has 3 aliphatic carbocycles. The predicted molar refractivity (Wildman–Crippen MR) is 134 cm³/mol. The van der Waals surface area contributed by atoms with Gasteiger partial charge in [-0.3, -0.25) is 0 Å². The van der Waals surface area contributed by atoms with Crippen LogP contribution in [0.1, 0.15) is 116 Å². The highest BCUT2D eigenvalue weighted by atomic mass is 15.9. The average Bonchev–Trinajstić information content (AvgIpc) is 3.31. The Hall–Kier alpha value is -0.200. The summed E-state index contributed by atoms with van der Waals surface area (Å²) in [6.07, 6.45) is 26.8. The Morgan fingerprint density at radius 2 is 1.27 bits per heavy atom. The molecule has 0 radical (unpaired) electrons. The molecule has 0 amide bonds. The lowest BCUT2D eigenvalue weighted by Gasteiger charge is -2.47. The van der Waals surface area contributed by atoms with Crippen LogP contribution in [0.15, 0.2) is 0 Å². The minimum atomic E-state index is 0.599. The van der Waals surface area contributed by atoms with Gasteiger partial charge in [-0.25, -0.2) is 10.4 Å². The molecule has 7 aliphatic rings. The van der Waals surface area contributed by atoms with E-state index in [2.05, 4.69) is 26.6 Å². The number of nitrogens with zero attached hydrogens (tertiary/aromatic N) is 2. The van der Waals surface area contributed by atoms with Crippen molar-refractivity contribution >= 4 is 0 Å². The van der Waals surface area contributed by atoms with E-state index in [0.717, 1.165) is 35.5 Å². The van der Waals surface area contributed by atoms with Gasteiger partial charge in [-0.2, -0.15) is 16.2 Å². The zero-order chi connectivity index (χ0) is 22.0. The summed E-state index contributed by atoms with van der Waals surface area (Å²) in [5.74, 6) is 6.03. The number of piperidine rings is 1. The fourth-order valence-corrected chi connectivity index (χ4v) is 9.33. The van der Waals surface area contributed by atoms with E-state index >= 15 is 0 Å². The summed E-state index contributed by atoms with van der Waals surface area (Å²) >= 11 is 0. The molecule has 3 N–H and O–H groups in total. The number of fused-ring (bicyclic) bond motifs is 7. The van der Waals surface area contributed by atoms with Gasteiger partial charge in [0.05, 0.1) is 6.04 Å². The third-order valence-corrected chi connectivity index (χ3v) is 11.1. The monoisotopic (exact) mass is 457 g/mol. The van der Waals surface area contributed by atoms with Crippen molar-refractivity contribution in [1.29, 1.82) is 0 Å². The van der Waals surface area contributed by atoms with Gasteiger partial charge in [0.15, 0.2) is 0 Å². The van der Waals surface area contributed by atoms with Crippen molar-refractivity contribution in [2.45, 2.75) is 128 Å². The quantitative estimate of drug-likeness (QED) is 0.445. The first-order valence-electron chi connectivity index (χ1n) is 15.2. The molecule has 0 aromatic heterocycles. The summed E-state index contributed by atoms with van der Waals surface area (Å²) in [4.78, 5) is 0. The van der Waals surface area contributed by atoms with Crippen molar-refractivity contribution < 1.29 is 0 Å². The molecule has 7 fully saturated rings. The Balaban J connectivity index is 1.19. The van der Waals surface area contributed by atoms with Gasteiger partial charge in [-0.05, 0) is 74.0 Å². The molecule has 5 heteroatoms. The van der Waals surface area contributed by atoms with Gasteiger partial charge >= 0.3 is 0 Å². The fourth-order valence-electron chi connectivity index (χ4n) is 9.33. The molecule has 33 heavy (non-hydrogen) atoms. The summed E-state index contributed by atoms with van der Waals surface area (Å²) in [5.41, 5.74) is 10.5. The van der Waals surface area contributed by atoms with Crippen LogP contribution in [0.3, 0.4) is 0 Å². The first kappa shape index (κ1) is 23.2. The Morgan fingerprint density at radius 1 is 0.545 bits per heavy atom. The molecule has 4 saturated heterocycles. The van der Waals surface area contributed by atoms with Crippen molar-refractivity contribution in [3.8, 4) is 0 Å². The van der Waals surface area contributed by atoms with E-state index in [4.69, 9.17) is 0 Å². The van der Waals surface area contributed by atoms with Crippen molar-refractivity contribution in [1.82, 2.24) is 26.6 Å². The molecule has 7 rings (SSSR count). The van der Waals surface area contributed by atoms with Crippen LogP contribution in [0.25, 0.3) is 0 Å². The third-order valence-electron chi connectivity index (χ3n) is 11.1. The molecule has 0 aromatic rings. The highest BCUT2D eigenvalue weighted by molar-refractivity contribution is 4.98. The number of hydrogen-bond acceptors (Lipinski definition) is 5. The molecule has 7 atom stereocenters. The van der Waals surface area contributed by atoms with Crippen molar-refractivity contribution in [3.63, 3.8) is 0 Å². The van der Waals surface area contributed by atoms with Crippen molar-refractivity contribution in [3.05, 3.63) is 0 Å². The average molecular weight is 458 g/mol. The van der Waals surface area contributed by atoms with Gasteiger partial charge in [-0.15, -0.1) is 0 Å². The highest BCUT2D eigenvalue weighted by Crippen LogP contribution is 2.49. The topological polar surface area (TPSA) is 42.6 Å². The summed E-state index contributed by atoms with van der Waals surface area (Å²) in [6.45, 7) is 2.48.